The first kappa shape index (κ1) is 17.7. The number of hydrogen-bond acceptors (Lipinski definition) is 4. The fourth-order valence-electron chi connectivity index (χ4n) is 3.09. The van der Waals surface area contributed by atoms with E-state index in [9.17, 15) is 14.4 Å². The zero-order chi connectivity index (χ0) is 18.5. The number of benzene rings is 1. The van der Waals surface area contributed by atoms with Gasteiger partial charge in [0.15, 0.2) is 0 Å². The lowest BCUT2D eigenvalue weighted by Crippen LogP contribution is -2.36. The fraction of sp³-hybridized carbons (Fsp3) is 0.316. The standard InChI is InChI=1S/C19H20N2O5/c22-17-9-14(11-21(17)12-15-7-4-8-26-15)19(25)20-16(10-18(23)24)13-5-2-1-3-6-13/h1-8,14,16H,9-12H2,(H,20,25)(H,23,24)/t14-,16-/m1/s1. The number of furan rings is 1. The van der Waals surface area contributed by atoms with Crippen LogP contribution < -0.4 is 5.32 Å². The van der Waals surface area contributed by atoms with E-state index >= 15 is 0 Å². The maximum atomic E-state index is 12.6. The van der Waals surface area contributed by atoms with E-state index < -0.39 is 17.9 Å². The topological polar surface area (TPSA) is 99.8 Å². The van der Waals surface area contributed by atoms with Crippen LogP contribution in [0.15, 0.2) is 53.1 Å². The summed E-state index contributed by atoms with van der Waals surface area (Å²) in [5.41, 5.74) is 0.722. The number of hydrogen-bond donors (Lipinski definition) is 2. The number of carboxylic acid groups (broad SMARTS) is 1. The Morgan fingerprint density at radius 2 is 2.00 bits per heavy atom. The van der Waals surface area contributed by atoms with Crippen molar-refractivity contribution in [2.75, 3.05) is 6.54 Å². The molecule has 1 aromatic carbocycles. The van der Waals surface area contributed by atoms with Crippen LogP contribution in [0.1, 0.15) is 30.2 Å². The van der Waals surface area contributed by atoms with Gasteiger partial charge in [-0.2, -0.15) is 0 Å². The molecule has 7 heteroatoms. The molecule has 1 aliphatic heterocycles. The predicted octanol–water partition coefficient (Wildman–Crippen LogP) is 1.96. The lowest BCUT2D eigenvalue weighted by molar-refractivity contribution is -0.138. The molecule has 0 saturated carbocycles. The number of rotatable bonds is 7. The normalized spacial score (nSPS) is 17.9. The summed E-state index contributed by atoms with van der Waals surface area (Å²) in [6.45, 7) is 0.618. The molecule has 1 aromatic heterocycles. The van der Waals surface area contributed by atoms with E-state index in [1.54, 1.807) is 41.3 Å². The van der Waals surface area contributed by atoms with E-state index in [1.165, 1.54) is 6.26 Å². The number of likely N-dealkylation sites (tertiary alicyclic amines) is 1. The van der Waals surface area contributed by atoms with Crippen LogP contribution in [-0.2, 0) is 20.9 Å². The number of nitrogens with zero attached hydrogens (tertiary/aromatic N) is 1. The van der Waals surface area contributed by atoms with Gasteiger partial charge in [-0.3, -0.25) is 14.4 Å². The molecule has 2 aromatic rings. The molecule has 7 nitrogen and oxygen atoms in total. The van der Waals surface area contributed by atoms with Crippen LogP contribution in [0.2, 0.25) is 0 Å². The molecule has 26 heavy (non-hydrogen) atoms. The van der Waals surface area contributed by atoms with Gasteiger partial charge in [-0.25, -0.2) is 0 Å². The van der Waals surface area contributed by atoms with Gasteiger partial charge in [-0.05, 0) is 17.7 Å². The molecule has 1 saturated heterocycles. The molecule has 136 valence electrons. The summed E-state index contributed by atoms with van der Waals surface area (Å²) in [6.07, 6.45) is 1.43. The van der Waals surface area contributed by atoms with E-state index in [0.29, 0.717) is 18.8 Å². The Morgan fingerprint density at radius 1 is 1.23 bits per heavy atom. The third-order valence-electron chi connectivity index (χ3n) is 4.41. The molecule has 2 amide bonds. The smallest absolute Gasteiger partial charge is 0.305 e. The third kappa shape index (κ3) is 4.30. The van der Waals surface area contributed by atoms with Gasteiger partial charge >= 0.3 is 5.97 Å². The van der Waals surface area contributed by atoms with Crippen molar-refractivity contribution in [2.24, 2.45) is 5.92 Å². The summed E-state index contributed by atoms with van der Waals surface area (Å²) in [6, 6.07) is 11.9. The average Bonchev–Trinajstić information content (AvgIpc) is 3.25. The Hall–Kier alpha value is -3.09. The van der Waals surface area contributed by atoms with Crippen molar-refractivity contribution in [3.8, 4) is 0 Å². The Balaban J connectivity index is 1.64. The van der Waals surface area contributed by atoms with Crippen LogP contribution in [-0.4, -0.2) is 34.3 Å². The SMILES string of the molecule is O=C(O)C[C@@H](NC(=O)[C@@H]1CC(=O)N(Cc2ccco2)C1)c1ccccc1. The first-order chi connectivity index (χ1) is 12.5. The first-order valence-corrected chi connectivity index (χ1v) is 8.40. The number of nitrogens with one attached hydrogen (secondary N) is 1. The average molecular weight is 356 g/mol. The van der Waals surface area contributed by atoms with E-state index in [4.69, 9.17) is 9.52 Å². The monoisotopic (exact) mass is 356 g/mol. The molecule has 0 spiro atoms. The molecular formula is C19H20N2O5. The van der Waals surface area contributed by atoms with Crippen LogP contribution in [0.5, 0.6) is 0 Å². The van der Waals surface area contributed by atoms with E-state index in [-0.39, 0.29) is 24.7 Å². The van der Waals surface area contributed by atoms with Crippen molar-refractivity contribution in [1.82, 2.24) is 10.2 Å². The summed E-state index contributed by atoms with van der Waals surface area (Å²) < 4.78 is 5.25. The number of carboxylic acids is 1. The molecule has 2 atom stereocenters. The van der Waals surface area contributed by atoms with Gasteiger partial charge in [0, 0.05) is 13.0 Å². The van der Waals surface area contributed by atoms with Gasteiger partial charge in [0.25, 0.3) is 0 Å². The second-order valence-corrected chi connectivity index (χ2v) is 6.32. The molecule has 1 aliphatic rings. The number of amides is 2. The van der Waals surface area contributed by atoms with Gasteiger partial charge in [0.05, 0.1) is 31.2 Å². The highest BCUT2D eigenvalue weighted by atomic mass is 16.4. The Kier molecular flexibility index (Phi) is 5.36. The van der Waals surface area contributed by atoms with Crippen molar-refractivity contribution in [3.63, 3.8) is 0 Å². The van der Waals surface area contributed by atoms with E-state index in [1.807, 2.05) is 6.07 Å². The summed E-state index contributed by atoms with van der Waals surface area (Å²) in [7, 11) is 0. The van der Waals surface area contributed by atoms with Crippen LogP contribution in [0, 0.1) is 5.92 Å². The quantitative estimate of drug-likeness (QED) is 0.790. The molecule has 2 N–H and O–H groups in total. The summed E-state index contributed by atoms with van der Waals surface area (Å²) in [5, 5.41) is 11.9. The largest absolute Gasteiger partial charge is 0.481 e. The molecular weight excluding hydrogens is 336 g/mol. The Labute approximate surface area is 150 Å². The van der Waals surface area contributed by atoms with E-state index in [2.05, 4.69) is 5.32 Å². The first-order valence-electron chi connectivity index (χ1n) is 8.40. The molecule has 0 radical (unpaired) electrons. The fourth-order valence-corrected chi connectivity index (χ4v) is 3.09. The maximum absolute atomic E-state index is 12.6. The second kappa shape index (κ2) is 7.86. The molecule has 0 unspecified atom stereocenters. The van der Waals surface area contributed by atoms with Gasteiger partial charge in [-0.1, -0.05) is 30.3 Å². The predicted molar refractivity (Wildman–Crippen MR) is 91.8 cm³/mol. The van der Waals surface area contributed by atoms with Crippen LogP contribution in [0.25, 0.3) is 0 Å². The Morgan fingerprint density at radius 3 is 2.65 bits per heavy atom. The van der Waals surface area contributed by atoms with Crippen LogP contribution in [0.4, 0.5) is 0 Å². The minimum absolute atomic E-state index is 0.112. The third-order valence-corrected chi connectivity index (χ3v) is 4.41. The molecule has 1 fully saturated rings. The number of carbonyl (C=O) groups is 3. The Bertz CT molecular complexity index is 772. The van der Waals surface area contributed by atoms with Gasteiger partial charge in [0.2, 0.25) is 11.8 Å². The summed E-state index contributed by atoms with van der Waals surface area (Å²) in [4.78, 5) is 37.5. The second-order valence-electron chi connectivity index (χ2n) is 6.32. The lowest BCUT2D eigenvalue weighted by atomic mass is 10.0. The summed E-state index contributed by atoms with van der Waals surface area (Å²) in [5.74, 6) is -1.27. The summed E-state index contributed by atoms with van der Waals surface area (Å²) >= 11 is 0. The highest BCUT2D eigenvalue weighted by Gasteiger charge is 2.35. The van der Waals surface area contributed by atoms with E-state index in [0.717, 1.165) is 5.56 Å². The lowest BCUT2D eigenvalue weighted by Gasteiger charge is -2.20. The number of aliphatic carboxylic acids is 1. The minimum atomic E-state index is -0.999. The van der Waals surface area contributed by atoms with Crippen LogP contribution >= 0.6 is 0 Å². The molecule has 3 rings (SSSR count). The molecule has 2 heterocycles. The van der Waals surface area contributed by atoms with Crippen molar-refractivity contribution in [1.29, 1.82) is 0 Å². The van der Waals surface area contributed by atoms with Crippen molar-refractivity contribution in [2.45, 2.75) is 25.4 Å². The van der Waals surface area contributed by atoms with Gasteiger partial charge in [-0.15, -0.1) is 0 Å². The van der Waals surface area contributed by atoms with Crippen molar-refractivity contribution in [3.05, 3.63) is 60.1 Å². The zero-order valence-electron chi connectivity index (χ0n) is 14.1. The molecule has 0 aliphatic carbocycles. The van der Waals surface area contributed by atoms with Crippen molar-refractivity contribution >= 4 is 17.8 Å². The van der Waals surface area contributed by atoms with Crippen LogP contribution in [0.3, 0.4) is 0 Å². The van der Waals surface area contributed by atoms with Gasteiger partial charge < -0.3 is 19.7 Å². The highest BCUT2D eigenvalue weighted by Crippen LogP contribution is 2.23. The molecule has 0 bridgehead atoms. The minimum Gasteiger partial charge on any atom is -0.481 e. The zero-order valence-corrected chi connectivity index (χ0v) is 14.1. The van der Waals surface area contributed by atoms with Crippen molar-refractivity contribution < 1.29 is 23.9 Å². The maximum Gasteiger partial charge on any atom is 0.305 e. The number of carbonyl (C=O) groups excluding carboxylic acids is 2. The highest BCUT2D eigenvalue weighted by molar-refractivity contribution is 5.89. The van der Waals surface area contributed by atoms with Gasteiger partial charge in [0.1, 0.15) is 5.76 Å².